The number of nitrogens with zero attached hydrogens (tertiary/aromatic N) is 4. The molecule has 1 atom stereocenters. The fourth-order valence-corrected chi connectivity index (χ4v) is 3.72. The molecule has 3 heterocycles. The van der Waals surface area contributed by atoms with Crippen LogP contribution in [-0.2, 0) is 6.54 Å². The Bertz CT molecular complexity index is 1010. The molecule has 0 spiro atoms. The predicted octanol–water partition coefficient (Wildman–Crippen LogP) is 3.69. The Morgan fingerprint density at radius 2 is 2.11 bits per heavy atom. The van der Waals surface area contributed by atoms with Crippen LogP contribution in [0.2, 0.25) is 0 Å². The van der Waals surface area contributed by atoms with Crippen LogP contribution in [0.3, 0.4) is 0 Å². The zero-order chi connectivity index (χ0) is 18.5. The molecule has 3 aromatic heterocycles. The van der Waals surface area contributed by atoms with Gasteiger partial charge >= 0.3 is 0 Å². The first kappa shape index (κ1) is 16.5. The van der Waals surface area contributed by atoms with Gasteiger partial charge in [-0.05, 0) is 51.7 Å². The van der Waals surface area contributed by atoms with Gasteiger partial charge in [-0.25, -0.2) is 4.98 Å². The van der Waals surface area contributed by atoms with Crippen LogP contribution in [0.15, 0.2) is 22.9 Å². The minimum absolute atomic E-state index is 0.106. The Kier molecular flexibility index (Phi) is 3.77. The fraction of sp³-hybridized carbons (Fsp3) is 0.500. The maximum absolute atomic E-state index is 13.2. The number of fused-ring (bicyclic) bond motifs is 1. The molecule has 7 heteroatoms. The van der Waals surface area contributed by atoms with Crippen molar-refractivity contribution < 1.29 is 9.32 Å². The van der Waals surface area contributed by atoms with Crippen LogP contribution in [0.4, 0.5) is 0 Å². The van der Waals surface area contributed by atoms with E-state index < -0.39 is 0 Å². The number of hydrogen-bond acceptors (Lipinski definition) is 5. The molecule has 1 N–H and O–H groups in total. The van der Waals surface area contributed by atoms with E-state index in [1.807, 2.05) is 30.7 Å². The summed E-state index contributed by atoms with van der Waals surface area (Å²) in [6.45, 7) is 4.79. The zero-order valence-electron chi connectivity index (χ0n) is 15.6. The highest BCUT2D eigenvalue weighted by atomic mass is 16.5. The fourth-order valence-electron chi connectivity index (χ4n) is 3.72. The average molecular weight is 365 g/mol. The monoisotopic (exact) mass is 365 g/mol. The van der Waals surface area contributed by atoms with Gasteiger partial charge < -0.3 is 9.84 Å². The van der Waals surface area contributed by atoms with Gasteiger partial charge in [0.15, 0.2) is 0 Å². The van der Waals surface area contributed by atoms with Crippen molar-refractivity contribution in [2.45, 2.75) is 64.0 Å². The minimum atomic E-state index is -0.142. The summed E-state index contributed by atoms with van der Waals surface area (Å²) < 4.78 is 7.42. The molecule has 5 rings (SSSR count). The second kappa shape index (κ2) is 6.18. The molecular weight excluding hydrogens is 342 g/mol. The molecule has 0 aromatic carbocycles. The van der Waals surface area contributed by atoms with E-state index >= 15 is 0 Å². The predicted molar refractivity (Wildman–Crippen MR) is 99.5 cm³/mol. The van der Waals surface area contributed by atoms with Crippen molar-refractivity contribution in [1.82, 2.24) is 25.2 Å². The number of rotatable bonds is 6. The molecule has 27 heavy (non-hydrogen) atoms. The number of hydrogen-bond donors (Lipinski definition) is 1. The van der Waals surface area contributed by atoms with Crippen LogP contribution in [-0.4, -0.2) is 25.8 Å². The van der Waals surface area contributed by atoms with Crippen LogP contribution < -0.4 is 5.32 Å². The van der Waals surface area contributed by atoms with Crippen LogP contribution in [0.25, 0.3) is 11.1 Å². The topological polar surface area (TPSA) is 85.8 Å². The van der Waals surface area contributed by atoms with E-state index in [4.69, 9.17) is 4.52 Å². The van der Waals surface area contributed by atoms with E-state index in [0.717, 1.165) is 54.7 Å². The largest absolute Gasteiger partial charge is 0.344 e. The first-order valence-corrected chi connectivity index (χ1v) is 9.78. The summed E-state index contributed by atoms with van der Waals surface area (Å²) in [5.74, 6) is 0.727. The summed E-state index contributed by atoms with van der Waals surface area (Å²) in [6.07, 6.45) is 6.20. The van der Waals surface area contributed by atoms with E-state index in [1.165, 1.54) is 0 Å². The highest BCUT2D eigenvalue weighted by Gasteiger charge is 2.34. The molecule has 0 saturated heterocycles. The van der Waals surface area contributed by atoms with Crippen LogP contribution >= 0.6 is 0 Å². The molecule has 0 bridgehead atoms. The van der Waals surface area contributed by atoms with Crippen molar-refractivity contribution in [1.29, 1.82) is 0 Å². The Morgan fingerprint density at radius 1 is 1.33 bits per heavy atom. The third-order valence-corrected chi connectivity index (χ3v) is 5.54. The summed E-state index contributed by atoms with van der Waals surface area (Å²) >= 11 is 0. The summed E-state index contributed by atoms with van der Waals surface area (Å²) in [7, 11) is 0. The van der Waals surface area contributed by atoms with Crippen molar-refractivity contribution in [2.75, 3.05) is 0 Å². The molecule has 1 amide bonds. The lowest BCUT2D eigenvalue weighted by atomic mass is 10.0. The summed E-state index contributed by atoms with van der Waals surface area (Å²) in [5, 5.41) is 12.5. The molecule has 0 aliphatic heterocycles. The summed E-state index contributed by atoms with van der Waals surface area (Å²) in [4.78, 5) is 17.9. The summed E-state index contributed by atoms with van der Waals surface area (Å²) in [5.41, 5.74) is 3.96. The molecule has 2 aliphatic rings. The van der Waals surface area contributed by atoms with Gasteiger partial charge in [0.25, 0.3) is 11.6 Å². The van der Waals surface area contributed by atoms with E-state index in [2.05, 4.69) is 20.6 Å². The van der Waals surface area contributed by atoms with Gasteiger partial charge in [0, 0.05) is 30.3 Å². The molecule has 2 saturated carbocycles. The van der Waals surface area contributed by atoms with Gasteiger partial charge in [0.2, 0.25) is 0 Å². The second-order valence-corrected chi connectivity index (χ2v) is 7.66. The van der Waals surface area contributed by atoms with Gasteiger partial charge in [-0.1, -0.05) is 5.16 Å². The van der Waals surface area contributed by atoms with Gasteiger partial charge in [0.05, 0.1) is 28.4 Å². The second-order valence-electron chi connectivity index (χ2n) is 7.66. The normalized spacial score (nSPS) is 18.0. The van der Waals surface area contributed by atoms with Crippen LogP contribution in [0.5, 0.6) is 0 Å². The van der Waals surface area contributed by atoms with Crippen molar-refractivity contribution >= 4 is 17.0 Å². The van der Waals surface area contributed by atoms with Gasteiger partial charge in [0.1, 0.15) is 0 Å². The van der Waals surface area contributed by atoms with Crippen molar-refractivity contribution in [3.05, 3.63) is 41.0 Å². The number of amides is 1. The zero-order valence-corrected chi connectivity index (χ0v) is 15.6. The quantitative estimate of drug-likeness (QED) is 0.720. The van der Waals surface area contributed by atoms with E-state index in [-0.39, 0.29) is 11.9 Å². The number of aryl methyl sites for hydroxylation is 1. The highest BCUT2D eigenvalue weighted by molar-refractivity contribution is 6.06. The van der Waals surface area contributed by atoms with E-state index in [0.29, 0.717) is 23.1 Å². The molecule has 2 aliphatic carbocycles. The first-order valence-electron chi connectivity index (χ1n) is 9.78. The maximum Gasteiger partial charge on any atom is 0.259 e. The Labute approximate surface area is 157 Å². The summed E-state index contributed by atoms with van der Waals surface area (Å²) in [6, 6.07) is 3.75. The number of aromatic nitrogens is 4. The highest BCUT2D eigenvalue weighted by Crippen LogP contribution is 2.45. The molecule has 2 fully saturated rings. The van der Waals surface area contributed by atoms with Crippen molar-refractivity contribution in [3.8, 4) is 0 Å². The number of carbonyl (C=O) groups excluding carboxylic acids is 1. The lowest BCUT2D eigenvalue weighted by molar-refractivity contribution is 0.0939. The van der Waals surface area contributed by atoms with E-state index in [9.17, 15) is 4.79 Å². The number of pyridine rings is 1. The van der Waals surface area contributed by atoms with Crippen molar-refractivity contribution in [3.63, 3.8) is 0 Å². The lowest BCUT2D eigenvalue weighted by Crippen LogP contribution is -2.28. The standard InChI is InChI=1S/C20H23N5O2/c1-3-25-16(8-9-21-25)11(2)22-19(26)14-10-15(12-4-5-12)23-20-17(14)18(24-27-20)13-6-7-13/h8-13H,3-7H2,1-2H3,(H,22,26). The Balaban J connectivity index is 1.52. The van der Waals surface area contributed by atoms with Crippen molar-refractivity contribution in [2.24, 2.45) is 0 Å². The van der Waals surface area contributed by atoms with Gasteiger partial charge in [-0.2, -0.15) is 5.10 Å². The lowest BCUT2D eigenvalue weighted by Gasteiger charge is -2.16. The van der Waals surface area contributed by atoms with Crippen LogP contribution in [0.1, 0.15) is 84.8 Å². The maximum atomic E-state index is 13.2. The third kappa shape index (κ3) is 2.91. The minimum Gasteiger partial charge on any atom is -0.344 e. The number of carbonyl (C=O) groups is 1. The average Bonchev–Trinajstić information content (AvgIpc) is 3.60. The molecule has 7 nitrogen and oxygen atoms in total. The smallest absolute Gasteiger partial charge is 0.259 e. The Morgan fingerprint density at radius 3 is 2.81 bits per heavy atom. The third-order valence-electron chi connectivity index (χ3n) is 5.54. The first-order chi connectivity index (χ1) is 13.2. The van der Waals surface area contributed by atoms with Gasteiger partial charge in [-0.15, -0.1) is 0 Å². The molecule has 140 valence electrons. The molecular formula is C20H23N5O2. The number of nitrogens with one attached hydrogen (secondary N) is 1. The van der Waals surface area contributed by atoms with Crippen LogP contribution in [0, 0.1) is 0 Å². The Hall–Kier alpha value is -2.70. The molecule has 3 aromatic rings. The van der Waals surface area contributed by atoms with E-state index in [1.54, 1.807) is 6.20 Å². The SMILES string of the molecule is CCn1nccc1C(C)NC(=O)c1cc(C2CC2)nc2onc(C3CC3)c12. The molecule has 0 radical (unpaired) electrons. The van der Waals surface area contributed by atoms with Gasteiger partial charge in [-0.3, -0.25) is 9.48 Å². The molecule has 1 unspecified atom stereocenters.